The molecule has 0 aliphatic heterocycles. The summed E-state index contributed by atoms with van der Waals surface area (Å²) in [7, 11) is 0. The van der Waals surface area contributed by atoms with Crippen LogP contribution in [0.1, 0.15) is 24.1 Å². The Morgan fingerprint density at radius 3 is 2.71 bits per heavy atom. The molecule has 1 fully saturated rings. The van der Waals surface area contributed by atoms with Gasteiger partial charge in [0, 0.05) is 28.5 Å². The van der Waals surface area contributed by atoms with E-state index >= 15 is 0 Å². The average molecular weight is 357 g/mol. The Kier molecular flexibility index (Phi) is 4.91. The fourth-order valence-electron chi connectivity index (χ4n) is 2.29. The van der Waals surface area contributed by atoms with Gasteiger partial charge in [0.2, 0.25) is 5.95 Å². The van der Waals surface area contributed by atoms with Crippen LogP contribution in [-0.4, -0.2) is 22.6 Å². The zero-order valence-electron chi connectivity index (χ0n) is 12.7. The van der Waals surface area contributed by atoms with Crippen molar-refractivity contribution in [2.75, 3.05) is 11.9 Å². The third-order valence-corrected chi connectivity index (χ3v) is 3.85. The summed E-state index contributed by atoms with van der Waals surface area (Å²) >= 11 is 5.86. The number of nitrogens with zero attached hydrogens (tertiary/aromatic N) is 2. The van der Waals surface area contributed by atoms with E-state index in [1.165, 1.54) is 6.20 Å². The second-order valence-electron chi connectivity index (χ2n) is 5.68. The molecule has 0 amide bonds. The number of halogens is 4. The first-order valence-corrected chi connectivity index (χ1v) is 7.99. The van der Waals surface area contributed by atoms with Crippen LogP contribution in [0.15, 0.2) is 30.5 Å². The largest absolute Gasteiger partial charge is 0.433 e. The van der Waals surface area contributed by atoms with Gasteiger partial charge in [-0.3, -0.25) is 0 Å². The number of hydrogen-bond donors (Lipinski definition) is 2. The first kappa shape index (κ1) is 17.0. The van der Waals surface area contributed by atoms with Crippen LogP contribution in [0, 0.1) is 0 Å². The molecule has 2 aromatic rings. The maximum atomic E-state index is 13.3. The highest BCUT2D eigenvalue weighted by Crippen LogP contribution is 2.31. The van der Waals surface area contributed by atoms with E-state index in [0.29, 0.717) is 23.3 Å². The quantitative estimate of drug-likeness (QED) is 0.815. The highest BCUT2D eigenvalue weighted by Gasteiger charge is 2.36. The molecule has 0 atom stereocenters. The first-order valence-electron chi connectivity index (χ1n) is 7.61. The predicted octanol–water partition coefficient (Wildman–Crippen LogP) is 4.19. The molecule has 3 rings (SSSR count). The normalized spacial score (nSPS) is 14.7. The maximum absolute atomic E-state index is 13.3. The summed E-state index contributed by atoms with van der Waals surface area (Å²) < 4.78 is 39.8. The van der Waals surface area contributed by atoms with Crippen LogP contribution in [0.4, 0.5) is 24.8 Å². The lowest BCUT2D eigenvalue weighted by Gasteiger charge is -2.14. The minimum atomic E-state index is -4.53. The number of hydrogen-bond acceptors (Lipinski definition) is 4. The Balaban J connectivity index is 1.78. The molecular formula is C16H16ClF3N4. The summed E-state index contributed by atoms with van der Waals surface area (Å²) in [5.41, 5.74) is -0.286. The van der Waals surface area contributed by atoms with Gasteiger partial charge >= 0.3 is 6.18 Å². The summed E-state index contributed by atoms with van der Waals surface area (Å²) in [5.74, 6) is -0.108. The second kappa shape index (κ2) is 6.94. The number of alkyl halides is 3. The van der Waals surface area contributed by atoms with Gasteiger partial charge < -0.3 is 10.6 Å². The molecule has 1 heterocycles. The summed E-state index contributed by atoms with van der Waals surface area (Å²) in [6.45, 7) is 0.484. The summed E-state index contributed by atoms with van der Waals surface area (Å²) in [6, 6.07) is 7.07. The van der Waals surface area contributed by atoms with Crippen molar-refractivity contribution in [3.8, 4) is 0 Å². The van der Waals surface area contributed by atoms with Crippen LogP contribution in [0.2, 0.25) is 5.02 Å². The third-order valence-electron chi connectivity index (χ3n) is 3.62. The zero-order valence-corrected chi connectivity index (χ0v) is 13.5. The Labute approximate surface area is 142 Å². The van der Waals surface area contributed by atoms with E-state index in [1.807, 2.05) is 0 Å². The smallest absolute Gasteiger partial charge is 0.324 e. The lowest BCUT2D eigenvalue weighted by atomic mass is 10.1. The van der Waals surface area contributed by atoms with Gasteiger partial charge in [-0.15, -0.1) is 0 Å². The molecule has 0 unspecified atom stereocenters. The van der Waals surface area contributed by atoms with Crippen molar-refractivity contribution in [3.63, 3.8) is 0 Å². The fraction of sp³-hybridized carbons (Fsp3) is 0.375. The molecule has 0 spiro atoms. The maximum Gasteiger partial charge on any atom is 0.433 e. The molecule has 1 saturated carbocycles. The van der Waals surface area contributed by atoms with E-state index in [9.17, 15) is 13.2 Å². The van der Waals surface area contributed by atoms with Gasteiger partial charge in [-0.05, 0) is 44.0 Å². The topological polar surface area (TPSA) is 49.8 Å². The molecule has 8 heteroatoms. The van der Waals surface area contributed by atoms with Crippen LogP contribution in [-0.2, 0) is 12.6 Å². The first-order chi connectivity index (χ1) is 11.4. The summed E-state index contributed by atoms with van der Waals surface area (Å²) in [4.78, 5) is 7.66. The average Bonchev–Trinajstić information content (AvgIpc) is 3.32. The Morgan fingerprint density at radius 1 is 1.25 bits per heavy atom. The van der Waals surface area contributed by atoms with E-state index in [0.717, 1.165) is 12.8 Å². The van der Waals surface area contributed by atoms with Crippen molar-refractivity contribution in [1.82, 2.24) is 15.3 Å². The summed E-state index contributed by atoms with van der Waals surface area (Å²) in [6.07, 6.45) is -0.876. The number of anilines is 2. The highest BCUT2D eigenvalue weighted by atomic mass is 35.5. The molecule has 1 aliphatic rings. The minimum absolute atomic E-state index is 0.0901. The second-order valence-corrected chi connectivity index (χ2v) is 6.12. The molecule has 128 valence electrons. The Morgan fingerprint density at radius 2 is 2.04 bits per heavy atom. The van der Waals surface area contributed by atoms with Crippen LogP contribution < -0.4 is 10.6 Å². The van der Waals surface area contributed by atoms with Gasteiger partial charge in [0.05, 0.1) is 0 Å². The van der Waals surface area contributed by atoms with Gasteiger partial charge in [0.25, 0.3) is 0 Å². The number of rotatable bonds is 6. The molecule has 2 N–H and O–H groups in total. The van der Waals surface area contributed by atoms with Crippen molar-refractivity contribution in [2.24, 2.45) is 0 Å². The van der Waals surface area contributed by atoms with Crippen LogP contribution in [0.25, 0.3) is 0 Å². The molecule has 1 aromatic carbocycles. The van der Waals surface area contributed by atoms with Gasteiger partial charge in [-0.25, -0.2) is 9.97 Å². The van der Waals surface area contributed by atoms with Crippen molar-refractivity contribution >= 4 is 23.2 Å². The van der Waals surface area contributed by atoms with Gasteiger partial charge in [0.15, 0.2) is 5.69 Å². The fourth-order valence-corrected chi connectivity index (χ4v) is 2.48. The van der Waals surface area contributed by atoms with E-state index in [1.54, 1.807) is 24.3 Å². The number of nitrogens with one attached hydrogen (secondary N) is 2. The van der Waals surface area contributed by atoms with E-state index < -0.39 is 11.9 Å². The molecule has 1 aliphatic carbocycles. The van der Waals surface area contributed by atoms with Crippen molar-refractivity contribution in [3.05, 3.63) is 46.7 Å². The molecule has 24 heavy (non-hydrogen) atoms. The van der Waals surface area contributed by atoms with Gasteiger partial charge in [0.1, 0.15) is 0 Å². The Bertz CT molecular complexity index is 717. The van der Waals surface area contributed by atoms with E-state index in [-0.39, 0.29) is 17.9 Å². The molecule has 0 saturated heterocycles. The highest BCUT2D eigenvalue weighted by molar-refractivity contribution is 6.30. The van der Waals surface area contributed by atoms with Crippen LogP contribution >= 0.6 is 11.6 Å². The summed E-state index contributed by atoms with van der Waals surface area (Å²) in [5, 5.41) is 6.41. The van der Waals surface area contributed by atoms with Gasteiger partial charge in [-0.1, -0.05) is 17.7 Å². The SMILES string of the molecule is FC(F)(F)c1nc(Nc2cccc(Cl)c2)ncc1CCNC1CC1. The van der Waals surface area contributed by atoms with E-state index in [4.69, 9.17) is 11.6 Å². The van der Waals surface area contributed by atoms with Crippen molar-refractivity contribution in [1.29, 1.82) is 0 Å². The van der Waals surface area contributed by atoms with Gasteiger partial charge in [-0.2, -0.15) is 13.2 Å². The molecule has 0 radical (unpaired) electrons. The minimum Gasteiger partial charge on any atom is -0.324 e. The number of benzene rings is 1. The third kappa shape index (κ3) is 4.58. The standard InChI is InChI=1S/C16H16ClF3N4/c17-11-2-1-3-13(8-11)23-15-22-9-10(6-7-21-12-4-5-12)14(24-15)16(18,19)20/h1-3,8-9,12,21H,4-7H2,(H,22,23,24). The molecular weight excluding hydrogens is 341 g/mol. The molecule has 1 aromatic heterocycles. The monoisotopic (exact) mass is 356 g/mol. The van der Waals surface area contributed by atoms with E-state index in [2.05, 4.69) is 20.6 Å². The van der Waals surface area contributed by atoms with Crippen LogP contribution in [0.5, 0.6) is 0 Å². The van der Waals surface area contributed by atoms with Crippen LogP contribution in [0.3, 0.4) is 0 Å². The van der Waals surface area contributed by atoms with Crippen molar-refractivity contribution in [2.45, 2.75) is 31.5 Å². The lowest BCUT2D eigenvalue weighted by Crippen LogP contribution is -2.22. The predicted molar refractivity (Wildman–Crippen MR) is 86.5 cm³/mol. The molecule has 4 nitrogen and oxygen atoms in total. The molecule has 0 bridgehead atoms. The lowest BCUT2D eigenvalue weighted by molar-refractivity contribution is -0.141. The number of aromatic nitrogens is 2. The zero-order chi connectivity index (χ0) is 17.2. The Hall–Kier alpha value is -1.86. The van der Waals surface area contributed by atoms with Crippen molar-refractivity contribution < 1.29 is 13.2 Å².